The number of aliphatic hydroxyl groups is 1. The number of H-pyrrole nitrogens is 2. The Labute approximate surface area is 115 Å². The van der Waals surface area contributed by atoms with Crippen LogP contribution in [0.2, 0.25) is 0 Å². The molecule has 0 bridgehead atoms. The Morgan fingerprint density at radius 2 is 2.00 bits per heavy atom. The van der Waals surface area contributed by atoms with Crippen molar-refractivity contribution in [1.29, 1.82) is 0 Å². The zero-order valence-corrected chi connectivity index (χ0v) is 11.2. The van der Waals surface area contributed by atoms with Crippen molar-refractivity contribution in [3.05, 3.63) is 32.6 Å². The van der Waals surface area contributed by atoms with Gasteiger partial charge in [-0.15, -0.1) is 0 Å². The van der Waals surface area contributed by atoms with Gasteiger partial charge in [0.2, 0.25) is 0 Å². The quantitative estimate of drug-likeness (QED) is 0.608. The molecule has 2 rings (SSSR count). The molecule has 1 heterocycles. The van der Waals surface area contributed by atoms with Gasteiger partial charge in [-0.3, -0.25) is 14.6 Å². The maximum Gasteiger partial charge on any atom is 0.325 e. The Morgan fingerprint density at radius 3 is 2.60 bits per heavy atom. The summed E-state index contributed by atoms with van der Waals surface area (Å²) in [6.45, 7) is 0.357. The van der Waals surface area contributed by atoms with Crippen molar-refractivity contribution < 1.29 is 9.90 Å². The van der Waals surface area contributed by atoms with E-state index in [0.29, 0.717) is 6.54 Å². The third-order valence-electron chi connectivity index (χ3n) is 3.94. The first-order valence-electron chi connectivity index (χ1n) is 6.77. The molecule has 0 saturated heterocycles. The summed E-state index contributed by atoms with van der Waals surface area (Å²) in [5.74, 6) is -0.541. The number of hydrogen-bond acceptors (Lipinski definition) is 4. The fourth-order valence-electron chi connectivity index (χ4n) is 2.63. The van der Waals surface area contributed by atoms with E-state index in [2.05, 4.69) is 10.3 Å². The number of hydrogen-bond donors (Lipinski definition) is 4. The minimum atomic E-state index is -0.715. The molecule has 1 aliphatic rings. The molecule has 20 heavy (non-hydrogen) atoms. The fourth-order valence-corrected chi connectivity index (χ4v) is 2.63. The van der Waals surface area contributed by atoms with E-state index in [-0.39, 0.29) is 17.6 Å². The Bertz CT molecular complexity index is 584. The molecule has 1 fully saturated rings. The third-order valence-corrected chi connectivity index (χ3v) is 3.94. The molecule has 0 unspecified atom stereocenters. The van der Waals surface area contributed by atoms with Gasteiger partial charge in [0, 0.05) is 18.2 Å². The Balaban J connectivity index is 2.04. The molecule has 1 aromatic heterocycles. The number of carbonyl (C=O) groups is 1. The first-order valence-corrected chi connectivity index (χ1v) is 6.77. The van der Waals surface area contributed by atoms with E-state index in [1.165, 1.54) is 0 Å². The average molecular weight is 281 g/mol. The first kappa shape index (κ1) is 14.5. The van der Waals surface area contributed by atoms with Gasteiger partial charge in [0.1, 0.15) is 5.56 Å². The van der Waals surface area contributed by atoms with Crippen LogP contribution in [0.5, 0.6) is 0 Å². The second-order valence-corrected chi connectivity index (χ2v) is 5.39. The summed E-state index contributed by atoms with van der Waals surface area (Å²) in [5, 5.41) is 12.2. The zero-order chi connectivity index (χ0) is 14.6. The fraction of sp³-hybridized carbons (Fsp3) is 0.615. The second-order valence-electron chi connectivity index (χ2n) is 5.39. The average Bonchev–Trinajstić information content (AvgIpc) is 2.46. The molecule has 0 aliphatic heterocycles. The highest BCUT2D eigenvalue weighted by Crippen LogP contribution is 2.35. The van der Waals surface area contributed by atoms with E-state index in [0.717, 1.165) is 38.3 Å². The smallest absolute Gasteiger partial charge is 0.325 e. The van der Waals surface area contributed by atoms with Gasteiger partial charge in [-0.25, -0.2) is 4.79 Å². The number of aromatic amines is 2. The van der Waals surface area contributed by atoms with Crippen LogP contribution >= 0.6 is 0 Å². The topological polar surface area (TPSA) is 115 Å². The summed E-state index contributed by atoms with van der Waals surface area (Å²) in [4.78, 5) is 38.6. The molecule has 0 radical (unpaired) electrons. The van der Waals surface area contributed by atoms with E-state index in [4.69, 9.17) is 0 Å². The van der Waals surface area contributed by atoms with Crippen molar-refractivity contribution in [3.63, 3.8) is 0 Å². The summed E-state index contributed by atoms with van der Waals surface area (Å²) < 4.78 is 0. The van der Waals surface area contributed by atoms with Crippen LogP contribution < -0.4 is 16.6 Å². The number of carbonyl (C=O) groups excluding carboxylic acids is 1. The molecular weight excluding hydrogens is 262 g/mol. The summed E-state index contributed by atoms with van der Waals surface area (Å²) in [6.07, 6.45) is 6.06. The summed E-state index contributed by atoms with van der Waals surface area (Å²) in [5.41, 5.74) is -1.78. The van der Waals surface area contributed by atoms with E-state index >= 15 is 0 Å². The monoisotopic (exact) mass is 281 g/mol. The van der Waals surface area contributed by atoms with Gasteiger partial charge in [-0.2, -0.15) is 0 Å². The van der Waals surface area contributed by atoms with Crippen LogP contribution in [0.25, 0.3) is 0 Å². The summed E-state index contributed by atoms with van der Waals surface area (Å²) >= 11 is 0. The van der Waals surface area contributed by atoms with Gasteiger partial charge in [0.25, 0.3) is 11.5 Å². The zero-order valence-electron chi connectivity index (χ0n) is 11.2. The summed E-state index contributed by atoms with van der Waals surface area (Å²) in [7, 11) is 0. The van der Waals surface area contributed by atoms with Crippen molar-refractivity contribution in [2.75, 3.05) is 13.2 Å². The van der Waals surface area contributed by atoms with Crippen LogP contribution in [0.3, 0.4) is 0 Å². The van der Waals surface area contributed by atoms with Crippen LogP contribution in [0.15, 0.2) is 15.8 Å². The Morgan fingerprint density at radius 1 is 1.30 bits per heavy atom. The predicted molar refractivity (Wildman–Crippen MR) is 72.6 cm³/mol. The number of rotatable bonds is 4. The number of aromatic nitrogens is 2. The van der Waals surface area contributed by atoms with Gasteiger partial charge in [-0.1, -0.05) is 19.3 Å². The standard InChI is InChI=1S/C13H19N3O4/c17-8-13(4-2-1-3-5-13)7-15-10(18)9-6-14-12(20)16-11(9)19/h6,17H,1-5,7-8H2,(H,15,18)(H2,14,16,19,20). The second kappa shape index (κ2) is 6.04. The number of nitrogens with one attached hydrogen (secondary N) is 3. The van der Waals surface area contributed by atoms with Crippen LogP contribution in [-0.2, 0) is 0 Å². The van der Waals surface area contributed by atoms with Crippen molar-refractivity contribution in [3.8, 4) is 0 Å². The van der Waals surface area contributed by atoms with Crippen LogP contribution in [0, 0.1) is 5.41 Å². The molecule has 1 aliphatic carbocycles. The van der Waals surface area contributed by atoms with E-state index in [1.807, 2.05) is 4.98 Å². The van der Waals surface area contributed by atoms with Gasteiger partial charge in [-0.05, 0) is 12.8 Å². The summed E-state index contributed by atoms with van der Waals surface area (Å²) in [6, 6.07) is 0. The molecule has 7 heteroatoms. The first-order chi connectivity index (χ1) is 9.56. The molecule has 0 atom stereocenters. The minimum absolute atomic E-state index is 0.0231. The van der Waals surface area contributed by atoms with E-state index in [9.17, 15) is 19.5 Å². The third kappa shape index (κ3) is 3.16. The van der Waals surface area contributed by atoms with Gasteiger partial charge < -0.3 is 15.4 Å². The molecule has 1 saturated carbocycles. The van der Waals surface area contributed by atoms with Crippen molar-refractivity contribution in [2.24, 2.45) is 5.41 Å². The molecule has 4 N–H and O–H groups in total. The Hall–Kier alpha value is -1.89. The van der Waals surface area contributed by atoms with Gasteiger partial charge in [0.15, 0.2) is 0 Å². The molecular formula is C13H19N3O4. The van der Waals surface area contributed by atoms with Crippen molar-refractivity contribution in [1.82, 2.24) is 15.3 Å². The molecule has 7 nitrogen and oxygen atoms in total. The maximum absolute atomic E-state index is 11.9. The number of aliphatic hydroxyl groups excluding tert-OH is 1. The number of amides is 1. The highest BCUT2D eigenvalue weighted by molar-refractivity contribution is 5.93. The van der Waals surface area contributed by atoms with Gasteiger partial charge >= 0.3 is 5.69 Å². The normalized spacial score (nSPS) is 17.6. The van der Waals surface area contributed by atoms with Crippen molar-refractivity contribution >= 4 is 5.91 Å². The lowest BCUT2D eigenvalue weighted by Gasteiger charge is -2.35. The highest BCUT2D eigenvalue weighted by Gasteiger charge is 2.32. The lowest BCUT2D eigenvalue weighted by molar-refractivity contribution is 0.0717. The van der Waals surface area contributed by atoms with E-state index in [1.54, 1.807) is 0 Å². The van der Waals surface area contributed by atoms with Gasteiger partial charge in [0.05, 0.1) is 6.61 Å². The molecule has 0 aromatic carbocycles. The van der Waals surface area contributed by atoms with Crippen molar-refractivity contribution in [2.45, 2.75) is 32.1 Å². The lowest BCUT2D eigenvalue weighted by atomic mass is 9.74. The van der Waals surface area contributed by atoms with Crippen LogP contribution in [0.4, 0.5) is 0 Å². The molecule has 0 spiro atoms. The van der Waals surface area contributed by atoms with Crippen LogP contribution in [-0.4, -0.2) is 34.1 Å². The molecule has 1 aromatic rings. The molecule has 1 amide bonds. The SMILES string of the molecule is O=C(NCC1(CO)CCCCC1)c1c[nH]c(=O)[nH]c1=O. The van der Waals surface area contributed by atoms with E-state index < -0.39 is 17.2 Å². The largest absolute Gasteiger partial charge is 0.396 e. The van der Waals surface area contributed by atoms with Crippen LogP contribution in [0.1, 0.15) is 42.5 Å². The molecule has 110 valence electrons. The predicted octanol–water partition coefficient (Wildman–Crippen LogP) is -0.264. The Kier molecular flexibility index (Phi) is 4.39. The highest BCUT2D eigenvalue weighted by atomic mass is 16.3. The maximum atomic E-state index is 11.9. The minimum Gasteiger partial charge on any atom is -0.396 e. The lowest BCUT2D eigenvalue weighted by Crippen LogP contribution is -2.43.